The fraction of sp³-hybridized carbons (Fsp3) is 0.0476. The monoisotopic (exact) mass is 483 g/mol. The maximum Gasteiger partial charge on any atom is 0.264 e. The van der Waals surface area contributed by atoms with Gasteiger partial charge in [-0.15, -0.1) is 0 Å². The molecule has 2 aromatic carbocycles. The molecule has 168 valence electrons. The molecule has 0 aliphatic rings. The molecule has 0 saturated carbocycles. The lowest BCUT2D eigenvalue weighted by molar-refractivity contribution is 0.585. The molecule has 0 unspecified atom stereocenters. The average molecular weight is 484 g/mol. The highest BCUT2D eigenvalue weighted by Gasteiger charge is 2.15. The van der Waals surface area contributed by atoms with E-state index >= 15 is 0 Å². The van der Waals surface area contributed by atoms with Crippen LogP contribution < -0.4 is 15.4 Å². The van der Waals surface area contributed by atoms with E-state index in [0.717, 1.165) is 0 Å². The Kier molecular flexibility index (Phi) is 6.56. The maximum atomic E-state index is 13.8. The largest absolute Gasteiger partial charge is 0.332 e. The third-order valence-electron chi connectivity index (χ3n) is 4.40. The van der Waals surface area contributed by atoms with Crippen molar-refractivity contribution < 1.29 is 12.8 Å². The van der Waals surface area contributed by atoms with Gasteiger partial charge in [0.2, 0.25) is 5.95 Å². The molecule has 12 heteroatoms. The van der Waals surface area contributed by atoms with Gasteiger partial charge in [0.25, 0.3) is 10.0 Å². The third kappa shape index (κ3) is 5.87. The molecular formula is C21H18FN7O2S2. The van der Waals surface area contributed by atoms with Crippen molar-refractivity contribution in [3.05, 3.63) is 90.8 Å². The summed E-state index contributed by atoms with van der Waals surface area (Å²) >= 11 is 5.30. The second kappa shape index (κ2) is 9.71. The van der Waals surface area contributed by atoms with Crippen LogP contribution in [0.25, 0.3) is 0 Å². The van der Waals surface area contributed by atoms with E-state index in [0.29, 0.717) is 16.9 Å². The molecule has 3 N–H and O–H groups in total. The topological polar surface area (TPSA) is 114 Å². The van der Waals surface area contributed by atoms with Gasteiger partial charge in [-0.05, 0) is 48.6 Å². The van der Waals surface area contributed by atoms with Crippen LogP contribution in [0.4, 0.5) is 21.7 Å². The molecule has 0 spiro atoms. The summed E-state index contributed by atoms with van der Waals surface area (Å²) in [5.41, 5.74) is 1.73. The Morgan fingerprint density at radius 2 is 1.67 bits per heavy atom. The molecular weight excluding hydrogens is 465 g/mol. The summed E-state index contributed by atoms with van der Waals surface area (Å²) in [7, 11) is -3.82. The second-order valence-corrected chi connectivity index (χ2v) is 8.89. The van der Waals surface area contributed by atoms with Gasteiger partial charge in [-0.3, -0.25) is 4.68 Å². The molecule has 0 aliphatic carbocycles. The zero-order valence-electron chi connectivity index (χ0n) is 17.0. The van der Waals surface area contributed by atoms with Crippen molar-refractivity contribution in [2.75, 3.05) is 15.4 Å². The van der Waals surface area contributed by atoms with E-state index in [1.807, 2.05) is 0 Å². The Morgan fingerprint density at radius 3 is 2.39 bits per heavy atom. The highest BCUT2D eigenvalue weighted by atomic mass is 32.2. The molecule has 0 radical (unpaired) electrons. The van der Waals surface area contributed by atoms with Crippen molar-refractivity contribution >= 4 is 44.7 Å². The first-order valence-corrected chi connectivity index (χ1v) is 11.5. The third-order valence-corrected chi connectivity index (χ3v) is 5.94. The predicted octanol–water partition coefficient (Wildman–Crippen LogP) is 3.47. The van der Waals surface area contributed by atoms with Crippen LogP contribution in [0.5, 0.6) is 0 Å². The number of benzene rings is 2. The van der Waals surface area contributed by atoms with Crippen LogP contribution in [0.2, 0.25) is 0 Å². The number of anilines is 3. The van der Waals surface area contributed by atoms with Crippen LogP contribution in [-0.2, 0) is 16.6 Å². The van der Waals surface area contributed by atoms with Gasteiger partial charge in [0.1, 0.15) is 5.82 Å². The maximum absolute atomic E-state index is 13.8. The van der Waals surface area contributed by atoms with Crippen LogP contribution in [0, 0.1) is 5.82 Å². The van der Waals surface area contributed by atoms with E-state index in [-0.39, 0.29) is 28.3 Å². The molecule has 0 fully saturated rings. The van der Waals surface area contributed by atoms with Gasteiger partial charge in [0.05, 0.1) is 23.3 Å². The SMILES string of the molecule is O=S(=O)(Nc1ncccn1)c1ccc(NC(=S)Nc2cnn(Cc3ccccc3F)c2)cc1. The molecule has 2 heterocycles. The van der Waals surface area contributed by atoms with Gasteiger partial charge in [0, 0.05) is 29.8 Å². The fourth-order valence-electron chi connectivity index (χ4n) is 2.86. The lowest BCUT2D eigenvalue weighted by atomic mass is 10.2. The number of hydrogen-bond donors (Lipinski definition) is 3. The summed E-state index contributed by atoms with van der Waals surface area (Å²) in [6.45, 7) is 0.284. The van der Waals surface area contributed by atoms with E-state index in [9.17, 15) is 12.8 Å². The van der Waals surface area contributed by atoms with E-state index < -0.39 is 10.0 Å². The van der Waals surface area contributed by atoms with Crippen molar-refractivity contribution in [1.82, 2.24) is 19.7 Å². The highest BCUT2D eigenvalue weighted by molar-refractivity contribution is 7.92. The van der Waals surface area contributed by atoms with Crippen molar-refractivity contribution in [2.45, 2.75) is 11.4 Å². The van der Waals surface area contributed by atoms with Gasteiger partial charge < -0.3 is 10.6 Å². The zero-order chi connectivity index (χ0) is 23.3. The number of rotatable bonds is 7. The molecule has 33 heavy (non-hydrogen) atoms. The van der Waals surface area contributed by atoms with Crippen LogP contribution in [0.15, 0.2) is 84.3 Å². The Labute approximate surface area is 194 Å². The van der Waals surface area contributed by atoms with Crippen molar-refractivity contribution in [2.24, 2.45) is 0 Å². The molecule has 0 bridgehead atoms. The van der Waals surface area contributed by atoms with E-state index in [1.54, 1.807) is 53.5 Å². The minimum atomic E-state index is -3.82. The standard InChI is InChI=1S/C21H18FN7O2S2/c22-19-5-2-1-4-15(19)13-29-14-17(12-25-29)27-21(32)26-16-6-8-18(9-7-16)33(30,31)28-20-23-10-3-11-24-20/h1-12,14H,13H2,(H,23,24,28)(H2,26,27,32). The zero-order valence-corrected chi connectivity index (χ0v) is 18.6. The summed E-state index contributed by atoms with van der Waals surface area (Å²) in [5.74, 6) is -0.308. The predicted molar refractivity (Wildman–Crippen MR) is 127 cm³/mol. The van der Waals surface area contributed by atoms with Gasteiger partial charge in [0.15, 0.2) is 5.11 Å². The number of halogens is 1. The van der Waals surface area contributed by atoms with Crippen molar-refractivity contribution in [3.8, 4) is 0 Å². The number of nitrogens with zero attached hydrogens (tertiary/aromatic N) is 4. The van der Waals surface area contributed by atoms with Crippen LogP contribution in [0.3, 0.4) is 0 Å². The number of nitrogens with one attached hydrogen (secondary N) is 3. The molecule has 9 nitrogen and oxygen atoms in total. The quantitative estimate of drug-likeness (QED) is 0.343. The van der Waals surface area contributed by atoms with Crippen LogP contribution >= 0.6 is 12.2 Å². The molecule has 4 aromatic rings. The number of sulfonamides is 1. The van der Waals surface area contributed by atoms with E-state index in [4.69, 9.17) is 12.2 Å². The number of thiocarbonyl (C=S) groups is 1. The van der Waals surface area contributed by atoms with Gasteiger partial charge >= 0.3 is 0 Å². The molecule has 4 rings (SSSR count). The first kappa shape index (κ1) is 22.3. The van der Waals surface area contributed by atoms with Crippen molar-refractivity contribution in [1.29, 1.82) is 0 Å². The Morgan fingerprint density at radius 1 is 0.970 bits per heavy atom. The summed E-state index contributed by atoms with van der Waals surface area (Å²) in [5, 5.41) is 10.4. The summed E-state index contributed by atoms with van der Waals surface area (Å²) in [6.07, 6.45) is 6.15. The normalized spacial score (nSPS) is 11.1. The van der Waals surface area contributed by atoms with Gasteiger partial charge in [-0.1, -0.05) is 18.2 Å². The minimum Gasteiger partial charge on any atom is -0.332 e. The smallest absolute Gasteiger partial charge is 0.264 e. The first-order chi connectivity index (χ1) is 15.9. The van der Waals surface area contributed by atoms with Crippen molar-refractivity contribution in [3.63, 3.8) is 0 Å². The second-order valence-electron chi connectivity index (χ2n) is 6.80. The molecule has 2 aromatic heterocycles. The number of aromatic nitrogens is 4. The molecule has 0 amide bonds. The van der Waals surface area contributed by atoms with E-state index in [2.05, 4.69) is 30.4 Å². The molecule has 0 atom stereocenters. The lowest BCUT2D eigenvalue weighted by Gasteiger charge is -2.10. The Bertz CT molecular complexity index is 1360. The Hall–Kier alpha value is -3.90. The average Bonchev–Trinajstić information content (AvgIpc) is 3.22. The summed E-state index contributed by atoms with van der Waals surface area (Å²) < 4.78 is 42.6. The fourth-order valence-corrected chi connectivity index (χ4v) is 4.05. The lowest BCUT2D eigenvalue weighted by Crippen LogP contribution is -2.19. The highest BCUT2D eigenvalue weighted by Crippen LogP contribution is 2.17. The Balaban J connectivity index is 1.34. The summed E-state index contributed by atoms with van der Waals surface area (Å²) in [6, 6.07) is 14.1. The first-order valence-electron chi connectivity index (χ1n) is 9.63. The molecule has 0 saturated heterocycles. The number of hydrogen-bond acceptors (Lipinski definition) is 6. The van der Waals surface area contributed by atoms with E-state index in [1.165, 1.54) is 30.6 Å². The summed E-state index contributed by atoms with van der Waals surface area (Å²) in [4.78, 5) is 7.75. The van der Waals surface area contributed by atoms with Gasteiger partial charge in [-0.25, -0.2) is 27.5 Å². The van der Waals surface area contributed by atoms with Gasteiger partial charge in [-0.2, -0.15) is 5.10 Å². The minimum absolute atomic E-state index is 0.0133. The molecule has 0 aliphatic heterocycles. The van der Waals surface area contributed by atoms with Crippen LogP contribution in [-0.4, -0.2) is 33.3 Å². The van der Waals surface area contributed by atoms with Crippen LogP contribution in [0.1, 0.15) is 5.56 Å².